The van der Waals surface area contributed by atoms with Crippen molar-refractivity contribution >= 4 is 16.8 Å². The molecule has 2 N–H and O–H groups in total. The van der Waals surface area contributed by atoms with E-state index in [0.717, 1.165) is 12.8 Å². The molecule has 1 amide bonds. The Hall–Kier alpha value is -2.21. The molecule has 24 heavy (non-hydrogen) atoms. The summed E-state index contributed by atoms with van der Waals surface area (Å²) in [4.78, 5) is 33.7. The van der Waals surface area contributed by atoms with E-state index in [0.29, 0.717) is 29.3 Å². The zero-order valence-corrected chi connectivity index (χ0v) is 14.2. The van der Waals surface area contributed by atoms with Gasteiger partial charge in [0, 0.05) is 6.04 Å². The van der Waals surface area contributed by atoms with Crippen LogP contribution in [0.4, 0.5) is 0 Å². The summed E-state index contributed by atoms with van der Waals surface area (Å²) >= 11 is 0. The molecule has 0 saturated heterocycles. The summed E-state index contributed by atoms with van der Waals surface area (Å²) in [5.41, 5.74) is 0.528. The number of hydrogen-bond donors (Lipinski definition) is 2. The lowest BCUT2D eigenvalue weighted by molar-refractivity contribution is -0.126. The molecule has 1 aliphatic rings. The predicted octanol–water partition coefficient (Wildman–Crippen LogP) is 1.80. The van der Waals surface area contributed by atoms with Crippen molar-refractivity contribution in [2.75, 3.05) is 7.05 Å². The maximum absolute atomic E-state index is 12.4. The lowest BCUT2D eigenvalue weighted by Gasteiger charge is -2.25. The first-order chi connectivity index (χ1) is 11.5. The average molecular weight is 328 g/mol. The van der Waals surface area contributed by atoms with Gasteiger partial charge in [-0.3, -0.25) is 14.5 Å². The Bertz CT molecular complexity index is 780. The molecule has 1 fully saturated rings. The molecule has 0 radical (unpaired) electrons. The van der Waals surface area contributed by atoms with Gasteiger partial charge in [-0.25, -0.2) is 4.98 Å². The number of hydrogen-bond acceptors (Lipinski definition) is 4. The first kappa shape index (κ1) is 16.6. The third-order valence-electron chi connectivity index (χ3n) is 4.80. The van der Waals surface area contributed by atoms with Gasteiger partial charge in [-0.15, -0.1) is 0 Å². The van der Waals surface area contributed by atoms with E-state index in [1.807, 2.05) is 37.1 Å². The normalized spacial score (nSPS) is 16.6. The van der Waals surface area contributed by atoms with E-state index >= 15 is 0 Å². The molecule has 128 valence electrons. The van der Waals surface area contributed by atoms with Gasteiger partial charge in [0.1, 0.15) is 5.82 Å². The standard InChI is InChI=1S/C18H24N4O2/c1-12(17(23)19-13-7-3-4-8-13)22(2)11-16-20-15-10-6-5-9-14(15)18(24)21-16/h5-6,9-10,12-13H,3-4,7-8,11H2,1-2H3,(H,19,23)(H,20,21,24)/t12-/m1/s1. The van der Waals surface area contributed by atoms with Crippen LogP contribution >= 0.6 is 0 Å². The Balaban J connectivity index is 1.68. The summed E-state index contributed by atoms with van der Waals surface area (Å²) in [5.74, 6) is 0.606. The Morgan fingerprint density at radius 1 is 1.38 bits per heavy atom. The highest BCUT2D eigenvalue weighted by atomic mass is 16.2. The number of nitrogens with zero attached hydrogens (tertiary/aromatic N) is 2. The van der Waals surface area contributed by atoms with E-state index in [1.165, 1.54) is 12.8 Å². The predicted molar refractivity (Wildman–Crippen MR) is 93.7 cm³/mol. The third kappa shape index (κ3) is 3.64. The number of aromatic nitrogens is 2. The number of rotatable bonds is 5. The van der Waals surface area contributed by atoms with Gasteiger partial charge in [0.2, 0.25) is 5.91 Å². The highest BCUT2D eigenvalue weighted by molar-refractivity contribution is 5.81. The second-order valence-corrected chi connectivity index (χ2v) is 6.61. The fourth-order valence-electron chi connectivity index (χ4n) is 3.18. The van der Waals surface area contributed by atoms with Crippen LogP contribution in [0.3, 0.4) is 0 Å². The van der Waals surface area contributed by atoms with Gasteiger partial charge in [0.25, 0.3) is 5.56 Å². The summed E-state index contributed by atoms with van der Waals surface area (Å²) in [6.07, 6.45) is 4.53. The summed E-state index contributed by atoms with van der Waals surface area (Å²) in [5, 5.41) is 3.69. The van der Waals surface area contributed by atoms with E-state index in [4.69, 9.17) is 0 Å². The molecule has 1 saturated carbocycles. The molecule has 0 unspecified atom stereocenters. The number of carbonyl (C=O) groups is 1. The van der Waals surface area contributed by atoms with Crippen LogP contribution in [0.15, 0.2) is 29.1 Å². The van der Waals surface area contributed by atoms with Crippen molar-refractivity contribution in [3.05, 3.63) is 40.4 Å². The van der Waals surface area contributed by atoms with Crippen molar-refractivity contribution in [3.63, 3.8) is 0 Å². The highest BCUT2D eigenvalue weighted by Gasteiger charge is 2.23. The zero-order chi connectivity index (χ0) is 17.1. The van der Waals surface area contributed by atoms with Gasteiger partial charge in [0.05, 0.1) is 23.5 Å². The Morgan fingerprint density at radius 2 is 2.08 bits per heavy atom. The summed E-state index contributed by atoms with van der Waals surface area (Å²) in [7, 11) is 1.87. The lowest BCUT2D eigenvalue weighted by Crippen LogP contribution is -2.46. The highest BCUT2D eigenvalue weighted by Crippen LogP contribution is 2.18. The maximum atomic E-state index is 12.4. The second kappa shape index (κ2) is 7.13. The molecule has 6 heteroatoms. The van der Waals surface area contributed by atoms with Gasteiger partial charge in [0.15, 0.2) is 0 Å². The van der Waals surface area contributed by atoms with Crippen LogP contribution in [0.2, 0.25) is 0 Å². The van der Waals surface area contributed by atoms with Gasteiger partial charge in [-0.05, 0) is 38.9 Å². The largest absolute Gasteiger partial charge is 0.352 e. The number of likely N-dealkylation sites (N-methyl/N-ethyl adjacent to an activating group) is 1. The van der Waals surface area contributed by atoms with Crippen molar-refractivity contribution in [1.29, 1.82) is 0 Å². The first-order valence-electron chi connectivity index (χ1n) is 8.53. The molecular weight excluding hydrogens is 304 g/mol. The van der Waals surface area contributed by atoms with E-state index in [1.54, 1.807) is 6.07 Å². The molecule has 0 spiro atoms. The quantitative estimate of drug-likeness (QED) is 0.877. The van der Waals surface area contributed by atoms with Crippen LogP contribution < -0.4 is 10.9 Å². The summed E-state index contributed by atoms with van der Waals surface area (Å²) in [6.45, 7) is 2.29. The molecule has 0 aliphatic heterocycles. The fraction of sp³-hybridized carbons (Fsp3) is 0.500. The number of aromatic amines is 1. The minimum atomic E-state index is -0.276. The summed E-state index contributed by atoms with van der Waals surface area (Å²) in [6, 6.07) is 7.30. The third-order valence-corrected chi connectivity index (χ3v) is 4.80. The van der Waals surface area contributed by atoms with Crippen molar-refractivity contribution in [2.24, 2.45) is 0 Å². The van der Waals surface area contributed by atoms with Crippen LogP contribution in [0.5, 0.6) is 0 Å². The topological polar surface area (TPSA) is 78.1 Å². The Morgan fingerprint density at radius 3 is 2.83 bits per heavy atom. The van der Waals surface area contributed by atoms with Crippen molar-refractivity contribution < 1.29 is 4.79 Å². The number of amides is 1. The lowest BCUT2D eigenvalue weighted by atomic mass is 10.2. The van der Waals surface area contributed by atoms with Crippen LogP contribution in [-0.4, -0.2) is 39.9 Å². The van der Waals surface area contributed by atoms with Crippen molar-refractivity contribution in [1.82, 2.24) is 20.2 Å². The van der Waals surface area contributed by atoms with Crippen LogP contribution in [0, 0.1) is 0 Å². The van der Waals surface area contributed by atoms with E-state index in [-0.39, 0.29) is 17.5 Å². The second-order valence-electron chi connectivity index (χ2n) is 6.61. The van der Waals surface area contributed by atoms with Crippen LogP contribution in [0.25, 0.3) is 10.9 Å². The maximum Gasteiger partial charge on any atom is 0.258 e. The first-order valence-corrected chi connectivity index (χ1v) is 8.53. The van der Waals surface area contributed by atoms with Gasteiger partial charge in [-0.2, -0.15) is 0 Å². The average Bonchev–Trinajstić information content (AvgIpc) is 3.07. The molecule has 1 heterocycles. The van der Waals surface area contributed by atoms with Gasteiger partial charge < -0.3 is 10.3 Å². The molecule has 2 aromatic rings. The Labute approximate surface area is 141 Å². The number of benzene rings is 1. The number of carbonyl (C=O) groups excluding carboxylic acids is 1. The zero-order valence-electron chi connectivity index (χ0n) is 14.2. The van der Waals surface area contributed by atoms with Crippen LogP contribution in [-0.2, 0) is 11.3 Å². The van der Waals surface area contributed by atoms with E-state index in [2.05, 4.69) is 15.3 Å². The minimum absolute atomic E-state index is 0.0348. The number of H-pyrrole nitrogens is 1. The van der Waals surface area contributed by atoms with E-state index < -0.39 is 0 Å². The molecule has 1 aliphatic carbocycles. The fourth-order valence-corrected chi connectivity index (χ4v) is 3.18. The monoisotopic (exact) mass is 328 g/mol. The minimum Gasteiger partial charge on any atom is -0.352 e. The smallest absolute Gasteiger partial charge is 0.258 e. The molecule has 6 nitrogen and oxygen atoms in total. The molecular formula is C18H24N4O2. The molecule has 1 aromatic carbocycles. The number of fused-ring (bicyclic) bond motifs is 1. The SMILES string of the molecule is C[C@H](C(=O)NC1CCCC1)N(C)Cc1nc2ccccc2c(=O)[nH]1. The van der Waals surface area contributed by atoms with Crippen molar-refractivity contribution in [3.8, 4) is 0 Å². The van der Waals surface area contributed by atoms with E-state index in [9.17, 15) is 9.59 Å². The summed E-state index contributed by atoms with van der Waals surface area (Å²) < 4.78 is 0. The van der Waals surface area contributed by atoms with Crippen LogP contribution in [0.1, 0.15) is 38.4 Å². The molecule has 0 bridgehead atoms. The molecule has 1 aromatic heterocycles. The Kier molecular flexibility index (Phi) is 4.94. The molecule has 1 atom stereocenters. The van der Waals surface area contributed by atoms with Gasteiger partial charge in [-0.1, -0.05) is 25.0 Å². The van der Waals surface area contributed by atoms with Crippen molar-refractivity contribution in [2.45, 2.75) is 51.2 Å². The number of para-hydroxylation sites is 1. The number of nitrogens with one attached hydrogen (secondary N) is 2. The molecule has 3 rings (SSSR count). The van der Waals surface area contributed by atoms with Gasteiger partial charge >= 0.3 is 0 Å².